The zero-order valence-corrected chi connectivity index (χ0v) is 17.5. The summed E-state index contributed by atoms with van der Waals surface area (Å²) in [5.74, 6) is 0.530. The Labute approximate surface area is 180 Å². The lowest BCUT2D eigenvalue weighted by Crippen LogP contribution is -2.34. The number of nitrogens with zero attached hydrogens (tertiary/aromatic N) is 2. The minimum Gasteiger partial charge on any atom is -0.497 e. The molecule has 1 aromatic heterocycles. The van der Waals surface area contributed by atoms with Gasteiger partial charge in [0.2, 0.25) is 0 Å². The Morgan fingerprint density at radius 1 is 1.06 bits per heavy atom. The normalized spacial score (nSPS) is 15.7. The summed E-state index contributed by atoms with van der Waals surface area (Å²) < 4.78 is 16.1. The SMILES string of the molecule is COc1ccc(OC)c([C@@H]2CCCN2C(=O)COC(=O)c2ccc3ccccc3n2)c1. The second-order valence-electron chi connectivity index (χ2n) is 7.32. The van der Waals surface area contributed by atoms with Crippen LogP contribution in [0.2, 0.25) is 0 Å². The smallest absolute Gasteiger partial charge is 0.357 e. The Morgan fingerprint density at radius 3 is 2.71 bits per heavy atom. The first kappa shape index (κ1) is 20.7. The van der Waals surface area contributed by atoms with Gasteiger partial charge in [0.1, 0.15) is 17.2 Å². The summed E-state index contributed by atoms with van der Waals surface area (Å²) in [4.78, 5) is 31.4. The fraction of sp³-hybridized carbons (Fsp3) is 0.292. The van der Waals surface area contributed by atoms with Gasteiger partial charge in [0, 0.05) is 17.5 Å². The number of hydrogen-bond donors (Lipinski definition) is 0. The molecule has 1 saturated heterocycles. The van der Waals surface area contributed by atoms with Gasteiger partial charge >= 0.3 is 5.97 Å². The Bertz CT molecular complexity index is 1110. The number of fused-ring (bicyclic) bond motifs is 1. The first-order chi connectivity index (χ1) is 15.1. The molecule has 0 saturated carbocycles. The number of carbonyl (C=O) groups is 2. The maximum Gasteiger partial charge on any atom is 0.357 e. The lowest BCUT2D eigenvalue weighted by atomic mass is 10.0. The predicted molar refractivity (Wildman–Crippen MR) is 115 cm³/mol. The summed E-state index contributed by atoms with van der Waals surface area (Å²) in [5.41, 5.74) is 1.77. The van der Waals surface area contributed by atoms with Crippen LogP contribution in [0.4, 0.5) is 0 Å². The second-order valence-corrected chi connectivity index (χ2v) is 7.32. The molecule has 31 heavy (non-hydrogen) atoms. The van der Waals surface area contributed by atoms with Gasteiger partial charge in [-0.25, -0.2) is 9.78 Å². The van der Waals surface area contributed by atoms with E-state index in [1.165, 1.54) is 0 Å². The highest BCUT2D eigenvalue weighted by Crippen LogP contribution is 2.38. The lowest BCUT2D eigenvalue weighted by molar-refractivity contribution is -0.135. The van der Waals surface area contributed by atoms with Crippen LogP contribution in [0, 0.1) is 0 Å². The highest BCUT2D eigenvalue weighted by Gasteiger charge is 2.32. The van der Waals surface area contributed by atoms with E-state index in [4.69, 9.17) is 14.2 Å². The summed E-state index contributed by atoms with van der Waals surface area (Å²) in [6.45, 7) is 0.256. The third-order valence-electron chi connectivity index (χ3n) is 5.50. The number of aromatic nitrogens is 1. The molecule has 2 heterocycles. The van der Waals surface area contributed by atoms with E-state index in [0.29, 0.717) is 23.6 Å². The first-order valence-electron chi connectivity index (χ1n) is 10.1. The van der Waals surface area contributed by atoms with Gasteiger partial charge in [-0.3, -0.25) is 4.79 Å². The molecule has 7 heteroatoms. The van der Waals surface area contributed by atoms with Crippen LogP contribution in [0.25, 0.3) is 10.9 Å². The van der Waals surface area contributed by atoms with Crippen molar-refractivity contribution in [3.8, 4) is 11.5 Å². The highest BCUT2D eigenvalue weighted by atomic mass is 16.5. The van der Waals surface area contributed by atoms with Crippen molar-refractivity contribution in [3.63, 3.8) is 0 Å². The van der Waals surface area contributed by atoms with Gasteiger partial charge in [0.25, 0.3) is 5.91 Å². The number of para-hydroxylation sites is 1. The summed E-state index contributed by atoms with van der Waals surface area (Å²) in [6.07, 6.45) is 1.66. The second kappa shape index (κ2) is 9.04. The quantitative estimate of drug-likeness (QED) is 0.565. The van der Waals surface area contributed by atoms with Crippen molar-refractivity contribution in [2.75, 3.05) is 27.4 Å². The van der Waals surface area contributed by atoms with E-state index in [-0.39, 0.29) is 24.2 Å². The fourth-order valence-corrected chi connectivity index (χ4v) is 3.95. The van der Waals surface area contributed by atoms with Crippen LogP contribution >= 0.6 is 0 Å². The van der Waals surface area contributed by atoms with Gasteiger partial charge in [0.15, 0.2) is 6.61 Å². The van der Waals surface area contributed by atoms with Crippen LogP contribution in [0.15, 0.2) is 54.6 Å². The third kappa shape index (κ3) is 4.30. The van der Waals surface area contributed by atoms with Gasteiger partial charge < -0.3 is 19.1 Å². The number of esters is 1. The lowest BCUT2D eigenvalue weighted by Gasteiger charge is -2.26. The number of likely N-dealkylation sites (tertiary alicyclic amines) is 1. The van der Waals surface area contributed by atoms with Crippen LogP contribution in [0.5, 0.6) is 11.5 Å². The average molecular weight is 420 g/mol. The molecule has 0 radical (unpaired) electrons. The average Bonchev–Trinajstić information content (AvgIpc) is 3.31. The number of carbonyl (C=O) groups excluding carboxylic acids is 2. The molecule has 0 N–H and O–H groups in total. The molecule has 1 aliphatic rings. The molecule has 0 aliphatic carbocycles. The van der Waals surface area contributed by atoms with Crippen LogP contribution in [-0.2, 0) is 9.53 Å². The molecule has 0 bridgehead atoms. The van der Waals surface area contributed by atoms with Gasteiger partial charge in [-0.15, -0.1) is 0 Å². The Balaban J connectivity index is 1.46. The number of benzene rings is 2. The van der Waals surface area contributed by atoms with Gasteiger partial charge in [-0.05, 0) is 43.2 Å². The van der Waals surface area contributed by atoms with Crippen LogP contribution in [0.1, 0.15) is 34.9 Å². The predicted octanol–water partition coefficient (Wildman–Crippen LogP) is 3.77. The number of pyridine rings is 1. The largest absolute Gasteiger partial charge is 0.497 e. The minimum atomic E-state index is -0.617. The van der Waals surface area contributed by atoms with E-state index < -0.39 is 5.97 Å². The molecule has 0 spiro atoms. The molecular weight excluding hydrogens is 396 g/mol. The number of ether oxygens (including phenoxy) is 3. The van der Waals surface area contributed by atoms with Gasteiger partial charge in [0.05, 0.1) is 25.8 Å². The van der Waals surface area contributed by atoms with Crippen LogP contribution in [0.3, 0.4) is 0 Å². The Hall–Kier alpha value is -3.61. The summed E-state index contributed by atoms with van der Waals surface area (Å²) >= 11 is 0. The highest BCUT2D eigenvalue weighted by molar-refractivity contribution is 5.92. The molecule has 1 amide bonds. The number of hydrogen-bond acceptors (Lipinski definition) is 6. The van der Waals surface area contributed by atoms with Crippen molar-refractivity contribution in [1.82, 2.24) is 9.88 Å². The summed E-state index contributed by atoms with van der Waals surface area (Å²) in [6, 6.07) is 16.3. The molecular formula is C24H24N2O5. The van der Waals surface area contributed by atoms with Gasteiger partial charge in [-0.1, -0.05) is 24.3 Å². The summed E-state index contributed by atoms with van der Waals surface area (Å²) in [7, 11) is 3.20. The molecule has 7 nitrogen and oxygen atoms in total. The van der Waals surface area contributed by atoms with E-state index >= 15 is 0 Å². The molecule has 160 valence electrons. The van der Waals surface area contributed by atoms with Crippen molar-refractivity contribution in [3.05, 3.63) is 65.9 Å². The van der Waals surface area contributed by atoms with Crippen molar-refractivity contribution in [1.29, 1.82) is 0 Å². The van der Waals surface area contributed by atoms with Crippen LogP contribution < -0.4 is 9.47 Å². The standard InChI is InChI=1S/C24H24N2O5/c1-29-17-10-12-22(30-2)18(14-17)21-8-5-13-26(21)23(27)15-31-24(28)20-11-9-16-6-3-4-7-19(16)25-20/h3-4,6-7,9-12,14,21H,5,8,13,15H2,1-2H3/t21-/m0/s1. The molecule has 1 fully saturated rings. The zero-order valence-electron chi connectivity index (χ0n) is 17.5. The molecule has 3 aromatic rings. The van der Waals surface area contributed by atoms with E-state index in [1.54, 1.807) is 25.2 Å². The zero-order chi connectivity index (χ0) is 21.8. The number of methoxy groups -OCH3 is 2. The summed E-state index contributed by atoms with van der Waals surface area (Å²) in [5, 5.41) is 0.933. The maximum absolute atomic E-state index is 12.9. The number of rotatable bonds is 6. The Morgan fingerprint density at radius 2 is 1.90 bits per heavy atom. The molecule has 1 atom stereocenters. The number of amides is 1. The Kier molecular flexibility index (Phi) is 6.02. The first-order valence-corrected chi connectivity index (χ1v) is 10.1. The van der Waals surface area contributed by atoms with Crippen molar-refractivity contribution in [2.24, 2.45) is 0 Å². The van der Waals surface area contributed by atoms with E-state index in [1.807, 2.05) is 48.5 Å². The van der Waals surface area contributed by atoms with Crippen molar-refractivity contribution in [2.45, 2.75) is 18.9 Å². The van der Waals surface area contributed by atoms with E-state index in [2.05, 4.69) is 4.98 Å². The topological polar surface area (TPSA) is 78.0 Å². The van der Waals surface area contributed by atoms with Crippen molar-refractivity contribution < 1.29 is 23.8 Å². The molecule has 1 aliphatic heterocycles. The van der Waals surface area contributed by atoms with E-state index in [0.717, 1.165) is 23.8 Å². The molecule has 4 rings (SSSR count). The maximum atomic E-state index is 12.9. The fourth-order valence-electron chi connectivity index (χ4n) is 3.95. The third-order valence-corrected chi connectivity index (χ3v) is 5.50. The van der Waals surface area contributed by atoms with Gasteiger partial charge in [-0.2, -0.15) is 0 Å². The van der Waals surface area contributed by atoms with E-state index in [9.17, 15) is 9.59 Å². The molecule has 2 aromatic carbocycles. The van der Waals surface area contributed by atoms with Crippen LogP contribution in [-0.4, -0.2) is 49.1 Å². The minimum absolute atomic E-state index is 0.157. The molecule has 0 unspecified atom stereocenters. The monoisotopic (exact) mass is 420 g/mol. The van der Waals surface area contributed by atoms with Crippen molar-refractivity contribution >= 4 is 22.8 Å².